The van der Waals surface area contributed by atoms with Gasteiger partial charge in [-0.15, -0.1) is 0 Å². The molecule has 0 aliphatic heterocycles. The maximum atomic E-state index is 6.00. The molecule has 2 aromatic rings. The van der Waals surface area contributed by atoms with E-state index in [0.717, 1.165) is 18.4 Å². The molecule has 0 N–H and O–H groups in total. The van der Waals surface area contributed by atoms with E-state index in [9.17, 15) is 0 Å². The van der Waals surface area contributed by atoms with Crippen molar-refractivity contribution < 1.29 is 0 Å². The predicted molar refractivity (Wildman–Crippen MR) is 73.0 cm³/mol. The summed E-state index contributed by atoms with van der Waals surface area (Å²) >= 11 is 6.00. The molecule has 6 heteroatoms. The molecule has 2 heterocycles. The van der Waals surface area contributed by atoms with E-state index < -0.39 is 0 Å². The highest BCUT2D eigenvalue weighted by atomic mass is 35.5. The van der Waals surface area contributed by atoms with Crippen molar-refractivity contribution in [2.45, 2.75) is 32.1 Å². The number of aromatic nitrogens is 5. The standard InChI is InChI=1S/C13H14ClN5/c14-12-16-11(10-6-3-1-2-4-7-10)17-13(18-12)19-9-5-8-15-19/h5-6,8-9H,1-4,7H2. The first kappa shape index (κ1) is 12.3. The Morgan fingerprint density at radius 1 is 1.11 bits per heavy atom. The molecule has 0 aromatic carbocycles. The van der Waals surface area contributed by atoms with Crippen LogP contribution in [0.1, 0.15) is 37.9 Å². The Bertz CT molecular complexity index is 591. The van der Waals surface area contributed by atoms with Crippen LogP contribution in [0.25, 0.3) is 11.5 Å². The van der Waals surface area contributed by atoms with Crippen molar-refractivity contribution in [3.63, 3.8) is 0 Å². The molecule has 0 spiro atoms. The van der Waals surface area contributed by atoms with Crippen LogP contribution < -0.4 is 0 Å². The Hall–Kier alpha value is -1.75. The van der Waals surface area contributed by atoms with Gasteiger partial charge in [-0.1, -0.05) is 12.5 Å². The fraction of sp³-hybridized carbons (Fsp3) is 0.385. The minimum absolute atomic E-state index is 0.209. The maximum Gasteiger partial charge on any atom is 0.255 e. The van der Waals surface area contributed by atoms with Crippen LogP contribution in [0.4, 0.5) is 0 Å². The highest BCUT2D eigenvalue weighted by molar-refractivity contribution is 6.28. The van der Waals surface area contributed by atoms with E-state index in [1.807, 2.05) is 6.07 Å². The number of allylic oxidation sites excluding steroid dienone is 2. The second kappa shape index (κ2) is 5.48. The Morgan fingerprint density at radius 2 is 2.05 bits per heavy atom. The predicted octanol–water partition coefficient (Wildman–Crippen LogP) is 3.06. The molecular weight excluding hydrogens is 262 g/mol. The van der Waals surface area contributed by atoms with E-state index in [0.29, 0.717) is 11.8 Å². The van der Waals surface area contributed by atoms with Crippen LogP contribution in [0.3, 0.4) is 0 Å². The third-order valence-electron chi connectivity index (χ3n) is 3.13. The van der Waals surface area contributed by atoms with Gasteiger partial charge in [0.25, 0.3) is 5.95 Å². The van der Waals surface area contributed by atoms with Gasteiger partial charge in [-0.05, 0) is 48.9 Å². The molecule has 0 bridgehead atoms. The summed E-state index contributed by atoms with van der Waals surface area (Å²) in [6, 6.07) is 1.82. The molecule has 5 nitrogen and oxygen atoms in total. The highest BCUT2D eigenvalue weighted by Crippen LogP contribution is 2.24. The van der Waals surface area contributed by atoms with Gasteiger partial charge >= 0.3 is 0 Å². The van der Waals surface area contributed by atoms with Gasteiger partial charge in [0, 0.05) is 12.4 Å². The normalized spacial score (nSPS) is 15.9. The van der Waals surface area contributed by atoms with Crippen molar-refractivity contribution in [1.29, 1.82) is 0 Å². The topological polar surface area (TPSA) is 56.5 Å². The van der Waals surface area contributed by atoms with Crippen molar-refractivity contribution in [1.82, 2.24) is 24.7 Å². The molecule has 3 rings (SSSR count). The summed E-state index contributed by atoms with van der Waals surface area (Å²) in [5.74, 6) is 1.14. The lowest BCUT2D eigenvalue weighted by Crippen LogP contribution is -2.06. The zero-order valence-electron chi connectivity index (χ0n) is 10.5. The lowest BCUT2D eigenvalue weighted by Gasteiger charge is -2.06. The molecule has 0 amide bonds. The van der Waals surface area contributed by atoms with E-state index in [4.69, 9.17) is 11.6 Å². The Balaban J connectivity index is 2.00. The number of halogens is 1. The molecule has 0 radical (unpaired) electrons. The zero-order chi connectivity index (χ0) is 13.1. The lowest BCUT2D eigenvalue weighted by molar-refractivity contribution is 0.718. The van der Waals surface area contributed by atoms with Gasteiger partial charge in [0.15, 0.2) is 5.82 Å². The molecule has 2 aromatic heterocycles. The van der Waals surface area contributed by atoms with E-state index in [1.165, 1.54) is 19.3 Å². The van der Waals surface area contributed by atoms with Crippen LogP contribution >= 0.6 is 11.6 Å². The lowest BCUT2D eigenvalue weighted by atomic mass is 10.1. The van der Waals surface area contributed by atoms with Gasteiger partial charge in [-0.25, -0.2) is 4.68 Å². The van der Waals surface area contributed by atoms with Gasteiger partial charge in [-0.2, -0.15) is 20.1 Å². The fourth-order valence-corrected chi connectivity index (χ4v) is 2.35. The molecule has 1 aliphatic carbocycles. The largest absolute Gasteiger partial charge is 0.255 e. The SMILES string of the molecule is Clc1nc(C2=CCCCCC2)nc(-n2cccn2)n1. The third-order valence-corrected chi connectivity index (χ3v) is 3.30. The first-order chi connectivity index (χ1) is 9.33. The average molecular weight is 276 g/mol. The highest BCUT2D eigenvalue weighted by Gasteiger charge is 2.12. The van der Waals surface area contributed by atoms with Crippen LogP contribution in [0.15, 0.2) is 24.5 Å². The second-order valence-electron chi connectivity index (χ2n) is 4.51. The molecule has 0 saturated carbocycles. The number of nitrogens with zero attached hydrogens (tertiary/aromatic N) is 5. The molecular formula is C13H14ClN5. The molecule has 0 fully saturated rings. The quantitative estimate of drug-likeness (QED) is 0.845. The summed E-state index contributed by atoms with van der Waals surface area (Å²) in [6.07, 6.45) is 11.4. The summed E-state index contributed by atoms with van der Waals surface area (Å²) in [5, 5.41) is 4.33. The number of hydrogen-bond acceptors (Lipinski definition) is 4. The first-order valence-corrected chi connectivity index (χ1v) is 6.82. The summed E-state index contributed by atoms with van der Waals surface area (Å²) in [4.78, 5) is 12.8. The van der Waals surface area contributed by atoms with Crippen LogP contribution in [0.5, 0.6) is 0 Å². The molecule has 0 atom stereocenters. The van der Waals surface area contributed by atoms with Gasteiger partial charge in [0.05, 0.1) is 0 Å². The monoisotopic (exact) mass is 275 g/mol. The number of hydrogen-bond donors (Lipinski definition) is 0. The second-order valence-corrected chi connectivity index (χ2v) is 4.85. The molecule has 0 saturated heterocycles. The number of rotatable bonds is 2. The molecule has 19 heavy (non-hydrogen) atoms. The smallest absolute Gasteiger partial charge is 0.206 e. The Morgan fingerprint density at radius 3 is 2.89 bits per heavy atom. The minimum atomic E-state index is 0.209. The molecule has 0 unspecified atom stereocenters. The van der Waals surface area contributed by atoms with Crippen molar-refractivity contribution >= 4 is 17.2 Å². The van der Waals surface area contributed by atoms with E-state index in [2.05, 4.69) is 26.1 Å². The minimum Gasteiger partial charge on any atom is -0.206 e. The van der Waals surface area contributed by atoms with Crippen molar-refractivity contribution in [3.8, 4) is 5.95 Å². The third kappa shape index (κ3) is 2.81. The average Bonchev–Trinajstić information content (AvgIpc) is 2.81. The van der Waals surface area contributed by atoms with Crippen molar-refractivity contribution in [2.24, 2.45) is 0 Å². The van der Waals surface area contributed by atoms with E-state index in [1.54, 1.807) is 17.1 Å². The summed E-state index contributed by atoms with van der Waals surface area (Å²) in [6.45, 7) is 0. The Kier molecular flexibility index (Phi) is 3.55. The summed E-state index contributed by atoms with van der Waals surface area (Å²) in [5.41, 5.74) is 1.16. The summed E-state index contributed by atoms with van der Waals surface area (Å²) < 4.78 is 1.59. The van der Waals surface area contributed by atoms with Gasteiger partial charge < -0.3 is 0 Å². The van der Waals surface area contributed by atoms with Crippen molar-refractivity contribution in [2.75, 3.05) is 0 Å². The summed E-state index contributed by atoms with van der Waals surface area (Å²) in [7, 11) is 0. The van der Waals surface area contributed by atoms with E-state index >= 15 is 0 Å². The van der Waals surface area contributed by atoms with Crippen LogP contribution in [0, 0.1) is 0 Å². The van der Waals surface area contributed by atoms with Gasteiger partial charge in [0.2, 0.25) is 5.28 Å². The van der Waals surface area contributed by atoms with Crippen LogP contribution in [0.2, 0.25) is 5.28 Å². The van der Waals surface area contributed by atoms with Crippen molar-refractivity contribution in [3.05, 3.63) is 35.6 Å². The molecule has 1 aliphatic rings. The van der Waals surface area contributed by atoms with Crippen LogP contribution in [-0.2, 0) is 0 Å². The fourth-order valence-electron chi connectivity index (χ4n) is 2.19. The van der Waals surface area contributed by atoms with E-state index in [-0.39, 0.29) is 5.28 Å². The maximum absolute atomic E-state index is 6.00. The van der Waals surface area contributed by atoms with Crippen LogP contribution in [-0.4, -0.2) is 24.7 Å². The van der Waals surface area contributed by atoms with Gasteiger partial charge in [-0.3, -0.25) is 0 Å². The molecule has 98 valence electrons. The zero-order valence-corrected chi connectivity index (χ0v) is 11.2. The first-order valence-electron chi connectivity index (χ1n) is 6.44. The Labute approximate surface area is 116 Å². The van der Waals surface area contributed by atoms with Gasteiger partial charge in [0.1, 0.15) is 0 Å².